The zero-order valence-electron chi connectivity index (χ0n) is 8.26. The van der Waals surface area contributed by atoms with E-state index in [2.05, 4.69) is 21.2 Å². The van der Waals surface area contributed by atoms with E-state index >= 15 is 0 Å². The van der Waals surface area contributed by atoms with Gasteiger partial charge in [-0.1, -0.05) is 0 Å². The molecule has 1 aromatic rings. The Morgan fingerprint density at radius 3 is 3.07 bits per heavy atom. The molecule has 0 aromatic carbocycles. The summed E-state index contributed by atoms with van der Waals surface area (Å²) in [5.74, 6) is 0.973. The van der Waals surface area contributed by atoms with Crippen molar-refractivity contribution < 1.29 is 0 Å². The molecule has 3 rings (SSSR count). The molecule has 2 aliphatic heterocycles. The summed E-state index contributed by atoms with van der Waals surface area (Å²) in [4.78, 5) is 2.60. The molecular formula is C11H15N3. The number of hydrogen-bond donors (Lipinski definition) is 0. The van der Waals surface area contributed by atoms with Crippen LogP contribution in [-0.4, -0.2) is 28.2 Å². The molecule has 3 heterocycles. The van der Waals surface area contributed by atoms with E-state index in [0.717, 1.165) is 5.92 Å². The van der Waals surface area contributed by atoms with E-state index in [-0.39, 0.29) is 0 Å². The van der Waals surface area contributed by atoms with Crippen molar-refractivity contribution in [3.05, 3.63) is 24.0 Å². The minimum atomic E-state index is 0.615. The Morgan fingerprint density at radius 2 is 2.21 bits per heavy atom. The van der Waals surface area contributed by atoms with Crippen LogP contribution in [0.3, 0.4) is 0 Å². The van der Waals surface area contributed by atoms with Gasteiger partial charge in [-0.05, 0) is 43.4 Å². The first-order chi connectivity index (χ1) is 6.93. The highest BCUT2D eigenvalue weighted by atomic mass is 15.2. The van der Waals surface area contributed by atoms with Gasteiger partial charge in [-0.2, -0.15) is 10.2 Å². The highest BCUT2D eigenvalue weighted by Crippen LogP contribution is 2.38. The van der Waals surface area contributed by atoms with Gasteiger partial charge in [0.1, 0.15) is 0 Å². The number of fused-ring (bicyclic) bond motifs is 2. The molecule has 0 spiro atoms. The van der Waals surface area contributed by atoms with Crippen molar-refractivity contribution in [2.45, 2.75) is 25.3 Å². The van der Waals surface area contributed by atoms with Gasteiger partial charge >= 0.3 is 0 Å². The van der Waals surface area contributed by atoms with Crippen LogP contribution in [0.1, 0.15) is 30.9 Å². The molecule has 1 aromatic heterocycles. The third kappa shape index (κ3) is 1.32. The summed E-state index contributed by atoms with van der Waals surface area (Å²) in [6, 6.07) is 2.72. The zero-order valence-corrected chi connectivity index (χ0v) is 8.26. The summed E-state index contributed by atoms with van der Waals surface area (Å²) in [6.07, 6.45) is 7.82. The molecule has 2 aliphatic rings. The van der Waals surface area contributed by atoms with Crippen molar-refractivity contribution >= 4 is 0 Å². The minimum absolute atomic E-state index is 0.615. The lowest BCUT2D eigenvalue weighted by Crippen LogP contribution is -2.30. The van der Waals surface area contributed by atoms with Crippen molar-refractivity contribution in [3.63, 3.8) is 0 Å². The van der Waals surface area contributed by atoms with Crippen LogP contribution in [0.2, 0.25) is 0 Å². The Balaban J connectivity index is 1.85. The van der Waals surface area contributed by atoms with Crippen molar-refractivity contribution in [1.29, 1.82) is 0 Å². The molecule has 0 aliphatic carbocycles. The summed E-state index contributed by atoms with van der Waals surface area (Å²) in [7, 11) is 0. The molecule has 3 unspecified atom stereocenters. The smallest absolute Gasteiger partial charge is 0.0544 e. The molecule has 2 bridgehead atoms. The fraction of sp³-hybridized carbons (Fsp3) is 0.636. The predicted octanol–water partition coefficient (Wildman–Crippen LogP) is 1.63. The molecule has 2 fully saturated rings. The molecule has 0 N–H and O–H groups in total. The molecule has 2 saturated heterocycles. The normalized spacial score (nSPS) is 35.9. The van der Waals surface area contributed by atoms with Crippen LogP contribution in [0.25, 0.3) is 0 Å². The highest BCUT2D eigenvalue weighted by molar-refractivity contribution is 5.13. The highest BCUT2D eigenvalue weighted by Gasteiger charge is 2.34. The Bertz CT molecular complexity index is 312. The lowest BCUT2D eigenvalue weighted by atomic mass is 9.93. The van der Waals surface area contributed by atoms with E-state index < -0.39 is 0 Å². The maximum Gasteiger partial charge on any atom is 0.0544 e. The van der Waals surface area contributed by atoms with E-state index in [0.29, 0.717) is 6.04 Å². The SMILES string of the molecule is c1cc(C2CCC3CCN2C3)cnn1. The van der Waals surface area contributed by atoms with Crippen LogP contribution in [0, 0.1) is 5.92 Å². The topological polar surface area (TPSA) is 29.0 Å². The summed E-state index contributed by atoms with van der Waals surface area (Å²) in [6.45, 7) is 2.57. The summed E-state index contributed by atoms with van der Waals surface area (Å²) in [5, 5.41) is 7.80. The summed E-state index contributed by atoms with van der Waals surface area (Å²) >= 11 is 0. The largest absolute Gasteiger partial charge is 0.296 e. The van der Waals surface area contributed by atoms with Crippen LogP contribution in [0.15, 0.2) is 18.5 Å². The van der Waals surface area contributed by atoms with Crippen molar-refractivity contribution in [2.75, 3.05) is 13.1 Å². The summed E-state index contributed by atoms with van der Waals surface area (Å²) in [5.41, 5.74) is 1.35. The molecule has 0 amide bonds. The number of hydrogen-bond acceptors (Lipinski definition) is 3. The average Bonchev–Trinajstić information content (AvgIpc) is 2.62. The van der Waals surface area contributed by atoms with Gasteiger partial charge in [0.15, 0.2) is 0 Å². The maximum absolute atomic E-state index is 3.97. The van der Waals surface area contributed by atoms with Crippen LogP contribution in [-0.2, 0) is 0 Å². The van der Waals surface area contributed by atoms with E-state index in [4.69, 9.17) is 0 Å². The lowest BCUT2D eigenvalue weighted by Gasteiger charge is -2.32. The van der Waals surface area contributed by atoms with E-state index in [1.165, 1.54) is 37.9 Å². The van der Waals surface area contributed by atoms with Crippen LogP contribution >= 0.6 is 0 Å². The van der Waals surface area contributed by atoms with Gasteiger partial charge in [0.25, 0.3) is 0 Å². The maximum atomic E-state index is 3.97. The number of aromatic nitrogens is 2. The Kier molecular flexibility index (Phi) is 1.98. The third-order valence-electron chi connectivity index (χ3n) is 3.60. The second-order valence-electron chi connectivity index (χ2n) is 4.42. The first kappa shape index (κ1) is 8.36. The molecule has 0 radical (unpaired) electrons. The van der Waals surface area contributed by atoms with Crippen LogP contribution < -0.4 is 0 Å². The molecular weight excluding hydrogens is 174 g/mol. The van der Waals surface area contributed by atoms with Gasteiger partial charge in [0, 0.05) is 18.8 Å². The molecule has 74 valence electrons. The van der Waals surface area contributed by atoms with E-state index in [1.54, 1.807) is 6.20 Å². The Labute approximate surface area is 84.1 Å². The second-order valence-corrected chi connectivity index (χ2v) is 4.42. The molecule has 3 heteroatoms. The number of piperidine rings is 1. The third-order valence-corrected chi connectivity index (χ3v) is 3.60. The number of nitrogens with zero attached hydrogens (tertiary/aromatic N) is 3. The van der Waals surface area contributed by atoms with Gasteiger partial charge in [0.2, 0.25) is 0 Å². The van der Waals surface area contributed by atoms with E-state index in [9.17, 15) is 0 Å². The second kappa shape index (κ2) is 3.31. The zero-order chi connectivity index (χ0) is 9.38. The van der Waals surface area contributed by atoms with Crippen LogP contribution in [0.4, 0.5) is 0 Å². The Hall–Kier alpha value is -0.960. The van der Waals surface area contributed by atoms with Gasteiger partial charge < -0.3 is 0 Å². The first-order valence-corrected chi connectivity index (χ1v) is 5.44. The van der Waals surface area contributed by atoms with Crippen molar-refractivity contribution in [2.24, 2.45) is 5.92 Å². The van der Waals surface area contributed by atoms with Gasteiger partial charge in [0.05, 0.1) is 6.20 Å². The van der Waals surface area contributed by atoms with E-state index in [1.807, 2.05) is 6.20 Å². The van der Waals surface area contributed by atoms with Gasteiger partial charge in [-0.25, -0.2) is 0 Å². The fourth-order valence-corrected chi connectivity index (χ4v) is 2.83. The molecule has 14 heavy (non-hydrogen) atoms. The lowest BCUT2D eigenvalue weighted by molar-refractivity contribution is 0.182. The van der Waals surface area contributed by atoms with Crippen molar-refractivity contribution in [1.82, 2.24) is 15.1 Å². The summed E-state index contributed by atoms with van der Waals surface area (Å²) < 4.78 is 0. The molecule has 3 nitrogen and oxygen atoms in total. The Morgan fingerprint density at radius 1 is 1.21 bits per heavy atom. The standard InChI is InChI=1S/C11H15N3/c1-2-11(10-3-5-12-13-7-10)14-6-4-9(1)8-14/h3,5,7,9,11H,1-2,4,6,8H2. The van der Waals surface area contributed by atoms with Gasteiger partial charge in [-0.3, -0.25) is 4.90 Å². The number of rotatable bonds is 1. The van der Waals surface area contributed by atoms with Gasteiger partial charge in [-0.15, -0.1) is 0 Å². The predicted molar refractivity (Wildman–Crippen MR) is 53.7 cm³/mol. The van der Waals surface area contributed by atoms with Crippen LogP contribution in [0.5, 0.6) is 0 Å². The van der Waals surface area contributed by atoms with Crippen molar-refractivity contribution in [3.8, 4) is 0 Å². The quantitative estimate of drug-likeness (QED) is 0.672. The first-order valence-electron chi connectivity index (χ1n) is 5.44. The fourth-order valence-electron chi connectivity index (χ4n) is 2.83. The minimum Gasteiger partial charge on any atom is -0.296 e. The monoisotopic (exact) mass is 189 g/mol. The average molecular weight is 189 g/mol. The molecule has 0 saturated carbocycles. The molecule has 3 atom stereocenters.